The van der Waals surface area contributed by atoms with Crippen LogP contribution in [0.4, 0.5) is 10.8 Å². The van der Waals surface area contributed by atoms with Crippen molar-refractivity contribution in [2.75, 3.05) is 16.8 Å². The van der Waals surface area contributed by atoms with E-state index in [0.29, 0.717) is 18.2 Å². The maximum Gasteiger partial charge on any atom is 0.240 e. The summed E-state index contributed by atoms with van der Waals surface area (Å²) in [5.41, 5.74) is 0.908. The number of carbonyl (C=O) groups excluding carboxylic acids is 1. The van der Waals surface area contributed by atoms with Crippen molar-refractivity contribution in [3.05, 3.63) is 54.5 Å². The van der Waals surface area contributed by atoms with E-state index in [-0.39, 0.29) is 11.2 Å². The SMILES string of the molecule is CCN(C(=O)C(C)Sc1nnc(NCc2ccco2)s1)c1ccccc1. The Morgan fingerprint density at radius 2 is 2.08 bits per heavy atom. The number of benzene rings is 1. The molecule has 8 heteroatoms. The molecule has 0 radical (unpaired) electrons. The zero-order chi connectivity index (χ0) is 18.4. The summed E-state index contributed by atoms with van der Waals surface area (Å²) >= 11 is 2.86. The van der Waals surface area contributed by atoms with Crippen LogP contribution < -0.4 is 10.2 Å². The molecule has 0 aliphatic carbocycles. The van der Waals surface area contributed by atoms with E-state index < -0.39 is 0 Å². The molecule has 1 N–H and O–H groups in total. The molecule has 1 unspecified atom stereocenters. The largest absolute Gasteiger partial charge is 0.467 e. The second kappa shape index (κ2) is 8.86. The minimum atomic E-state index is -0.249. The zero-order valence-corrected chi connectivity index (χ0v) is 16.2. The predicted molar refractivity (Wildman–Crippen MR) is 106 cm³/mol. The van der Waals surface area contributed by atoms with Gasteiger partial charge in [0.25, 0.3) is 0 Å². The molecule has 2 aromatic heterocycles. The van der Waals surface area contributed by atoms with Crippen molar-refractivity contribution in [1.82, 2.24) is 10.2 Å². The van der Waals surface area contributed by atoms with Crippen molar-refractivity contribution in [2.45, 2.75) is 30.0 Å². The second-order valence-electron chi connectivity index (χ2n) is 5.48. The molecule has 0 fully saturated rings. The van der Waals surface area contributed by atoms with Crippen LogP contribution >= 0.6 is 23.1 Å². The number of aromatic nitrogens is 2. The monoisotopic (exact) mass is 388 g/mol. The van der Waals surface area contributed by atoms with Crippen molar-refractivity contribution in [2.24, 2.45) is 0 Å². The van der Waals surface area contributed by atoms with Gasteiger partial charge in [-0.3, -0.25) is 4.79 Å². The molecule has 1 amide bonds. The molecule has 1 aromatic carbocycles. The van der Waals surface area contributed by atoms with Gasteiger partial charge in [-0.1, -0.05) is 41.3 Å². The third kappa shape index (κ3) is 4.64. The minimum absolute atomic E-state index is 0.0593. The van der Waals surface area contributed by atoms with Crippen LogP contribution in [0.2, 0.25) is 0 Å². The summed E-state index contributed by atoms with van der Waals surface area (Å²) in [6.45, 7) is 5.05. The first-order chi connectivity index (χ1) is 12.7. The van der Waals surface area contributed by atoms with Crippen LogP contribution in [-0.4, -0.2) is 27.9 Å². The topological polar surface area (TPSA) is 71.3 Å². The molecule has 0 aliphatic rings. The first-order valence-corrected chi connectivity index (χ1v) is 10.00. The lowest BCUT2D eigenvalue weighted by Gasteiger charge is -2.23. The molecular formula is C18H20N4O2S2. The fourth-order valence-electron chi connectivity index (χ4n) is 2.40. The van der Waals surface area contributed by atoms with Crippen LogP contribution in [0.3, 0.4) is 0 Å². The molecule has 3 rings (SSSR count). The average Bonchev–Trinajstić information content (AvgIpc) is 3.33. The maximum atomic E-state index is 12.8. The predicted octanol–water partition coefficient (Wildman–Crippen LogP) is 4.28. The van der Waals surface area contributed by atoms with E-state index in [1.54, 1.807) is 11.2 Å². The zero-order valence-electron chi connectivity index (χ0n) is 14.6. The summed E-state index contributed by atoms with van der Waals surface area (Å²) in [5, 5.41) is 11.9. The van der Waals surface area contributed by atoms with Gasteiger partial charge < -0.3 is 14.6 Å². The molecule has 2 heterocycles. The molecule has 1 atom stereocenters. The van der Waals surface area contributed by atoms with Gasteiger partial charge in [0.1, 0.15) is 5.76 Å². The molecule has 6 nitrogen and oxygen atoms in total. The third-order valence-electron chi connectivity index (χ3n) is 3.68. The standard InChI is InChI=1S/C18H20N4O2S2/c1-3-22(14-8-5-4-6-9-14)16(23)13(2)25-18-21-20-17(26-18)19-12-15-10-7-11-24-15/h4-11,13H,3,12H2,1-2H3,(H,19,20). The fraction of sp³-hybridized carbons (Fsp3) is 0.278. The maximum absolute atomic E-state index is 12.8. The lowest BCUT2D eigenvalue weighted by Crippen LogP contribution is -2.36. The Labute approximate surface area is 160 Å². The van der Waals surface area contributed by atoms with E-state index in [0.717, 1.165) is 15.8 Å². The van der Waals surface area contributed by atoms with E-state index in [4.69, 9.17) is 4.42 Å². The summed E-state index contributed by atoms with van der Waals surface area (Å²) in [6, 6.07) is 13.4. The summed E-state index contributed by atoms with van der Waals surface area (Å²) in [6.07, 6.45) is 1.64. The van der Waals surface area contributed by atoms with Crippen molar-refractivity contribution in [3.63, 3.8) is 0 Å². The Hall–Kier alpha value is -2.32. The highest BCUT2D eigenvalue weighted by molar-refractivity contribution is 8.02. The van der Waals surface area contributed by atoms with Gasteiger partial charge >= 0.3 is 0 Å². The van der Waals surface area contributed by atoms with Crippen LogP contribution in [0.1, 0.15) is 19.6 Å². The molecule has 0 saturated heterocycles. The summed E-state index contributed by atoms with van der Waals surface area (Å²) < 4.78 is 6.04. The van der Waals surface area contributed by atoms with Crippen LogP contribution in [0, 0.1) is 0 Å². The molecule has 26 heavy (non-hydrogen) atoms. The molecule has 0 bridgehead atoms. The Bertz CT molecular complexity index is 821. The van der Waals surface area contributed by atoms with Crippen LogP contribution in [0.15, 0.2) is 57.5 Å². The van der Waals surface area contributed by atoms with Crippen molar-refractivity contribution in [1.29, 1.82) is 0 Å². The van der Waals surface area contributed by atoms with Crippen molar-refractivity contribution >= 4 is 39.8 Å². The Balaban J connectivity index is 1.58. The number of carbonyl (C=O) groups is 1. The first kappa shape index (κ1) is 18.5. The number of nitrogens with zero attached hydrogens (tertiary/aromatic N) is 3. The molecular weight excluding hydrogens is 368 g/mol. The van der Waals surface area contributed by atoms with Crippen LogP contribution in [0.5, 0.6) is 0 Å². The number of hydrogen-bond acceptors (Lipinski definition) is 7. The molecule has 136 valence electrons. The van der Waals surface area contributed by atoms with E-state index in [1.807, 2.05) is 56.3 Å². The highest BCUT2D eigenvalue weighted by Gasteiger charge is 2.23. The molecule has 0 spiro atoms. The molecule has 3 aromatic rings. The number of amides is 1. The highest BCUT2D eigenvalue weighted by atomic mass is 32.2. The molecule has 0 aliphatic heterocycles. The number of nitrogens with one attached hydrogen (secondary N) is 1. The van der Waals surface area contributed by atoms with E-state index in [1.165, 1.54) is 23.1 Å². The van der Waals surface area contributed by atoms with E-state index in [9.17, 15) is 4.79 Å². The van der Waals surface area contributed by atoms with E-state index >= 15 is 0 Å². The lowest BCUT2D eigenvalue weighted by molar-refractivity contribution is -0.117. The Morgan fingerprint density at radius 3 is 2.77 bits per heavy atom. The van der Waals surface area contributed by atoms with Gasteiger partial charge in [-0.2, -0.15) is 0 Å². The number of furan rings is 1. The Kier molecular flexibility index (Phi) is 6.30. The highest BCUT2D eigenvalue weighted by Crippen LogP contribution is 2.30. The summed E-state index contributed by atoms with van der Waals surface area (Å²) in [7, 11) is 0. The van der Waals surface area contributed by atoms with Crippen molar-refractivity contribution < 1.29 is 9.21 Å². The van der Waals surface area contributed by atoms with Crippen LogP contribution in [-0.2, 0) is 11.3 Å². The van der Waals surface area contributed by atoms with Gasteiger partial charge in [0, 0.05) is 12.2 Å². The summed E-state index contributed by atoms with van der Waals surface area (Å²) in [4.78, 5) is 14.6. The molecule has 0 saturated carbocycles. The number of para-hydroxylation sites is 1. The quantitative estimate of drug-likeness (QED) is 0.581. The van der Waals surface area contributed by atoms with Gasteiger partial charge in [-0.15, -0.1) is 10.2 Å². The third-order valence-corrected chi connectivity index (χ3v) is 5.73. The van der Waals surface area contributed by atoms with Gasteiger partial charge in [0.15, 0.2) is 4.34 Å². The second-order valence-corrected chi connectivity index (χ2v) is 8.05. The van der Waals surface area contributed by atoms with Gasteiger partial charge in [0.2, 0.25) is 11.0 Å². The number of hydrogen-bond donors (Lipinski definition) is 1. The van der Waals surface area contributed by atoms with Crippen molar-refractivity contribution in [3.8, 4) is 0 Å². The average molecular weight is 389 g/mol. The first-order valence-electron chi connectivity index (χ1n) is 8.30. The number of rotatable bonds is 8. The van der Waals surface area contributed by atoms with E-state index in [2.05, 4.69) is 15.5 Å². The summed E-state index contributed by atoms with van der Waals surface area (Å²) in [5.74, 6) is 0.892. The van der Waals surface area contributed by atoms with Crippen LogP contribution in [0.25, 0.3) is 0 Å². The number of thioether (sulfide) groups is 1. The normalized spacial score (nSPS) is 11.9. The lowest BCUT2D eigenvalue weighted by atomic mass is 10.2. The van der Waals surface area contributed by atoms with Gasteiger partial charge in [-0.05, 0) is 38.1 Å². The fourth-order valence-corrected chi connectivity index (χ4v) is 4.35. The Morgan fingerprint density at radius 1 is 1.27 bits per heavy atom. The number of anilines is 2. The smallest absolute Gasteiger partial charge is 0.240 e. The van der Waals surface area contributed by atoms with Gasteiger partial charge in [-0.25, -0.2) is 0 Å². The minimum Gasteiger partial charge on any atom is -0.467 e. The van der Waals surface area contributed by atoms with Gasteiger partial charge in [0.05, 0.1) is 18.1 Å².